The minimum atomic E-state index is 0.130. The summed E-state index contributed by atoms with van der Waals surface area (Å²) in [6, 6.07) is 0. The zero-order chi connectivity index (χ0) is 13.1. The predicted molar refractivity (Wildman–Crippen MR) is 72.4 cm³/mol. The van der Waals surface area contributed by atoms with Crippen molar-refractivity contribution >= 4 is 6.29 Å². The van der Waals surface area contributed by atoms with Crippen LogP contribution in [0.4, 0.5) is 0 Å². The van der Waals surface area contributed by atoms with Crippen molar-refractivity contribution in [1.82, 2.24) is 0 Å². The Bertz CT molecular complexity index is 238. The molecule has 18 heavy (non-hydrogen) atoms. The zero-order valence-electron chi connectivity index (χ0n) is 11.5. The maximum absolute atomic E-state index is 10.4. The van der Waals surface area contributed by atoms with Gasteiger partial charge in [0.1, 0.15) is 13.1 Å². The van der Waals surface area contributed by atoms with Gasteiger partial charge in [-0.15, -0.1) is 0 Å². The molecule has 0 saturated carbocycles. The summed E-state index contributed by atoms with van der Waals surface area (Å²) in [7, 11) is 0. The van der Waals surface area contributed by atoms with Crippen LogP contribution in [-0.4, -0.2) is 25.8 Å². The summed E-state index contributed by atoms with van der Waals surface area (Å²) in [4.78, 5) is 10.4. The van der Waals surface area contributed by atoms with Crippen LogP contribution in [0.2, 0.25) is 0 Å². The van der Waals surface area contributed by atoms with Crippen LogP contribution in [0.5, 0.6) is 0 Å². The minimum Gasteiger partial charge on any atom is -0.355 e. The standard InChI is InChI=1S/C15H26O3/c1-2-3-4-5-6-7-10-15-14(9-8-11-16)12-17-13-18-15/h7,10-11,14-15H,2-6,8-9,12-13H2,1H3/t14-,15+/m1/s1. The SMILES string of the molecule is CCCCCCC=C[C@@H]1OCOC[C@H]1CCC=O. The van der Waals surface area contributed by atoms with E-state index < -0.39 is 0 Å². The molecule has 1 fully saturated rings. The van der Waals surface area contributed by atoms with Crippen molar-refractivity contribution in [3.63, 3.8) is 0 Å². The second-order valence-corrected chi connectivity index (χ2v) is 4.90. The fraction of sp³-hybridized carbons (Fsp3) is 0.800. The molecule has 0 aromatic heterocycles. The zero-order valence-corrected chi connectivity index (χ0v) is 11.5. The van der Waals surface area contributed by atoms with Gasteiger partial charge >= 0.3 is 0 Å². The van der Waals surface area contributed by atoms with Gasteiger partial charge in [-0.3, -0.25) is 0 Å². The number of unbranched alkanes of at least 4 members (excludes halogenated alkanes) is 4. The monoisotopic (exact) mass is 254 g/mol. The summed E-state index contributed by atoms with van der Waals surface area (Å²) < 4.78 is 10.9. The average Bonchev–Trinajstić information content (AvgIpc) is 2.41. The van der Waals surface area contributed by atoms with E-state index in [-0.39, 0.29) is 6.10 Å². The highest BCUT2D eigenvalue weighted by Gasteiger charge is 2.23. The molecular formula is C15H26O3. The van der Waals surface area contributed by atoms with Crippen LogP contribution >= 0.6 is 0 Å². The van der Waals surface area contributed by atoms with Gasteiger partial charge in [0, 0.05) is 12.3 Å². The molecule has 1 aliphatic rings. The van der Waals surface area contributed by atoms with E-state index in [1.54, 1.807) is 0 Å². The van der Waals surface area contributed by atoms with Crippen LogP contribution < -0.4 is 0 Å². The fourth-order valence-electron chi connectivity index (χ4n) is 2.22. The first-order valence-electron chi connectivity index (χ1n) is 7.18. The largest absolute Gasteiger partial charge is 0.355 e. The van der Waals surface area contributed by atoms with Gasteiger partial charge in [-0.1, -0.05) is 38.3 Å². The Morgan fingerprint density at radius 3 is 2.89 bits per heavy atom. The molecule has 0 amide bonds. The van der Waals surface area contributed by atoms with Gasteiger partial charge in [0.15, 0.2) is 0 Å². The molecule has 1 aliphatic heterocycles. The van der Waals surface area contributed by atoms with Crippen molar-refractivity contribution in [2.45, 2.75) is 58.0 Å². The van der Waals surface area contributed by atoms with Gasteiger partial charge in [0.05, 0.1) is 12.7 Å². The maximum Gasteiger partial charge on any atom is 0.147 e. The quantitative estimate of drug-likeness (QED) is 0.359. The average molecular weight is 254 g/mol. The first-order chi connectivity index (χ1) is 8.88. The highest BCUT2D eigenvalue weighted by atomic mass is 16.7. The smallest absolute Gasteiger partial charge is 0.147 e. The number of allylic oxidation sites excluding steroid dienone is 1. The van der Waals surface area contributed by atoms with Gasteiger partial charge in [0.2, 0.25) is 0 Å². The molecule has 0 N–H and O–H groups in total. The van der Waals surface area contributed by atoms with E-state index in [4.69, 9.17) is 9.47 Å². The van der Waals surface area contributed by atoms with E-state index >= 15 is 0 Å². The number of carbonyl (C=O) groups excluding carboxylic acids is 1. The highest BCUT2D eigenvalue weighted by molar-refractivity contribution is 5.49. The summed E-state index contributed by atoms with van der Waals surface area (Å²) >= 11 is 0. The lowest BCUT2D eigenvalue weighted by molar-refractivity contribution is -0.155. The molecule has 1 heterocycles. The Labute approximate surface area is 111 Å². The Morgan fingerprint density at radius 2 is 2.11 bits per heavy atom. The van der Waals surface area contributed by atoms with Crippen molar-refractivity contribution < 1.29 is 14.3 Å². The minimum absolute atomic E-state index is 0.130. The molecule has 1 rings (SSSR count). The Kier molecular flexibility index (Phi) is 8.78. The fourth-order valence-corrected chi connectivity index (χ4v) is 2.22. The van der Waals surface area contributed by atoms with Gasteiger partial charge in [0.25, 0.3) is 0 Å². The molecule has 2 atom stereocenters. The van der Waals surface area contributed by atoms with Crippen molar-refractivity contribution in [1.29, 1.82) is 0 Å². The van der Waals surface area contributed by atoms with Crippen molar-refractivity contribution in [3.8, 4) is 0 Å². The van der Waals surface area contributed by atoms with E-state index in [2.05, 4.69) is 19.1 Å². The van der Waals surface area contributed by atoms with E-state index in [0.29, 0.717) is 25.7 Å². The lowest BCUT2D eigenvalue weighted by Gasteiger charge is -2.29. The Morgan fingerprint density at radius 1 is 1.22 bits per heavy atom. The molecule has 0 bridgehead atoms. The van der Waals surface area contributed by atoms with E-state index in [9.17, 15) is 4.79 Å². The van der Waals surface area contributed by atoms with Crippen LogP contribution in [0.1, 0.15) is 51.9 Å². The van der Waals surface area contributed by atoms with E-state index in [1.807, 2.05) is 0 Å². The molecule has 1 saturated heterocycles. The van der Waals surface area contributed by atoms with Crippen LogP contribution in [0.25, 0.3) is 0 Å². The molecular weight excluding hydrogens is 228 g/mol. The number of hydrogen-bond donors (Lipinski definition) is 0. The third kappa shape index (κ3) is 6.31. The third-order valence-electron chi connectivity index (χ3n) is 3.35. The van der Waals surface area contributed by atoms with E-state index in [0.717, 1.165) is 19.1 Å². The first-order valence-corrected chi connectivity index (χ1v) is 7.18. The lowest BCUT2D eigenvalue weighted by atomic mass is 9.96. The van der Waals surface area contributed by atoms with Gasteiger partial charge < -0.3 is 14.3 Å². The topological polar surface area (TPSA) is 35.5 Å². The lowest BCUT2D eigenvalue weighted by Crippen LogP contribution is -2.33. The molecule has 0 aliphatic carbocycles. The third-order valence-corrected chi connectivity index (χ3v) is 3.35. The molecule has 0 unspecified atom stereocenters. The summed E-state index contributed by atoms with van der Waals surface area (Å²) in [6.45, 7) is 3.31. The van der Waals surface area contributed by atoms with E-state index in [1.165, 1.54) is 25.7 Å². The molecule has 0 radical (unpaired) electrons. The van der Waals surface area contributed by atoms with Crippen LogP contribution in [0, 0.1) is 5.92 Å². The number of aldehydes is 1. The normalized spacial score (nSPS) is 24.5. The molecule has 3 heteroatoms. The summed E-state index contributed by atoms with van der Waals surface area (Å²) in [5.41, 5.74) is 0. The second kappa shape index (κ2) is 10.3. The number of rotatable bonds is 9. The molecule has 0 aromatic rings. The van der Waals surface area contributed by atoms with Crippen molar-refractivity contribution in [2.24, 2.45) is 5.92 Å². The van der Waals surface area contributed by atoms with Crippen LogP contribution in [-0.2, 0) is 14.3 Å². The second-order valence-electron chi connectivity index (χ2n) is 4.90. The highest BCUT2D eigenvalue weighted by Crippen LogP contribution is 2.20. The number of ether oxygens (including phenoxy) is 2. The van der Waals surface area contributed by atoms with Gasteiger partial charge in [-0.05, 0) is 19.3 Å². The Balaban J connectivity index is 2.23. The summed E-state index contributed by atoms with van der Waals surface area (Å²) in [6.07, 6.45) is 13.2. The van der Waals surface area contributed by atoms with Gasteiger partial charge in [-0.2, -0.15) is 0 Å². The number of hydrogen-bond acceptors (Lipinski definition) is 3. The Hall–Kier alpha value is -0.670. The maximum atomic E-state index is 10.4. The van der Waals surface area contributed by atoms with Crippen molar-refractivity contribution in [3.05, 3.63) is 12.2 Å². The van der Waals surface area contributed by atoms with Crippen molar-refractivity contribution in [2.75, 3.05) is 13.4 Å². The van der Waals surface area contributed by atoms with Crippen LogP contribution in [0.3, 0.4) is 0 Å². The predicted octanol–water partition coefficient (Wildman–Crippen LogP) is 3.48. The van der Waals surface area contributed by atoms with Gasteiger partial charge in [-0.25, -0.2) is 0 Å². The molecule has 104 valence electrons. The number of carbonyl (C=O) groups is 1. The molecule has 0 spiro atoms. The summed E-state index contributed by atoms with van der Waals surface area (Å²) in [5, 5.41) is 0. The molecule has 3 nitrogen and oxygen atoms in total. The first kappa shape index (κ1) is 15.4. The van der Waals surface area contributed by atoms with Crippen LogP contribution in [0.15, 0.2) is 12.2 Å². The molecule has 0 aromatic carbocycles. The summed E-state index contributed by atoms with van der Waals surface area (Å²) in [5.74, 6) is 0.329.